The molecule has 0 saturated carbocycles. The zero-order valence-electron chi connectivity index (χ0n) is 12.6. The molecule has 1 aliphatic rings. The first kappa shape index (κ1) is 15.5. The van der Waals surface area contributed by atoms with E-state index in [4.69, 9.17) is 0 Å². The highest BCUT2D eigenvalue weighted by atomic mass is 19.2. The molecule has 0 unspecified atom stereocenters. The van der Waals surface area contributed by atoms with Crippen LogP contribution < -0.4 is 10.2 Å². The van der Waals surface area contributed by atoms with Gasteiger partial charge in [-0.3, -0.25) is 0 Å². The van der Waals surface area contributed by atoms with Crippen LogP contribution in [-0.4, -0.2) is 28.3 Å². The van der Waals surface area contributed by atoms with Gasteiger partial charge in [0.25, 0.3) is 0 Å². The summed E-state index contributed by atoms with van der Waals surface area (Å²) in [5.74, 6) is -2.74. The second kappa shape index (κ2) is 6.39. The molecule has 2 heterocycles. The number of anilines is 3. The Morgan fingerprint density at radius 3 is 2.61 bits per heavy atom. The van der Waals surface area contributed by atoms with E-state index < -0.39 is 17.5 Å². The molecule has 1 aromatic heterocycles. The summed E-state index contributed by atoms with van der Waals surface area (Å²) in [7, 11) is 0. The van der Waals surface area contributed by atoms with Crippen LogP contribution in [0.3, 0.4) is 0 Å². The summed E-state index contributed by atoms with van der Waals surface area (Å²) in [6, 6.07) is 1.96. The van der Waals surface area contributed by atoms with E-state index in [1.54, 1.807) is 0 Å². The highest BCUT2D eigenvalue weighted by Gasteiger charge is 2.19. The standard InChI is InChI=1S/C15H16F3N5/c1-9-4-6-23(7-5-9)15-21-12(8-19-22-15)20-11-3-2-10(16)13(17)14(11)18/h2-3,8-9H,4-7H2,1H3,(H,20,21,22). The van der Waals surface area contributed by atoms with Crippen molar-refractivity contribution >= 4 is 17.5 Å². The van der Waals surface area contributed by atoms with Gasteiger partial charge < -0.3 is 10.2 Å². The number of hydrogen-bond acceptors (Lipinski definition) is 5. The number of nitrogens with one attached hydrogen (secondary N) is 1. The largest absolute Gasteiger partial charge is 0.339 e. The zero-order valence-corrected chi connectivity index (χ0v) is 12.6. The third-order valence-corrected chi connectivity index (χ3v) is 3.91. The van der Waals surface area contributed by atoms with Crippen LogP contribution in [0.25, 0.3) is 0 Å². The lowest BCUT2D eigenvalue weighted by Crippen LogP contribution is -2.34. The second-order valence-corrected chi connectivity index (χ2v) is 5.66. The van der Waals surface area contributed by atoms with E-state index in [-0.39, 0.29) is 11.5 Å². The van der Waals surface area contributed by atoms with Crippen molar-refractivity contribution in [3.8, 4) is 0 Å². The molecule has 0 amide bonds. The lowest BCUT2D eigenvalue weighted by molar-refractivity contribution is 0.433. The first-order valence-electron chi connectivity index (χ1n) is 7.40. The predicted molar refractivity (Wildman–Crippen MR) is 80.0 cm³/mol. The molecule has 0 aliphatic carbocycles. The highest BCUT2D eigenvalue weighted by molar-refractivity contribution is 5.57. The Morgan fingerprint density at radius 1 is 1.13 bits per heavy atom. The number of aromatic nitrogens is 3. The zero-order chi connectivity index (χ0) is 16.4. The molecule has 8 heteroatoms. The molecule has 1 aromatic carbocycles. The van der Waals surface area contributed by atoms with Crippen LogP contribution in [-0.2, 0) is 0 Å². The minimum Gasteiger partial charge on any atom is -0.339 e. The average Bonchev–Trinajstić information content (AvgIpc) is 2.56. The predicted octanol–water partition coefficient (Wildman–Crippen LogP) is 3.27. The lowest BCUT2D eigenvalue weighted by atomic mass is 10.00. The van der Waals surface area contributed by atoms with Gasteiger partial charge in [0, 0.05) is 13.1 Å². The van der Waals surface area contributed by atoms with Gasteiger partial charge in [-0.15, -0.1) is 5.10 Å². The van der Waals surface area contributed by atoms with Crippen LogP contribution in [0.1, 0.15) is 19.8 Å². The Morgan fingerprint density at radius 2 is 1.87 bits per heavy atom. The summed E-state index contributed by atoms with van der Waals surface area (Å²) in [5, 5.41) is 10.4. The fourth-order valence-corrected chi connectivity index (χ4v) is 2.46. The van der Waals surface area contributed by atoms with Crippen LogP contribution in [0.4, 0.5) is 30.6 Å². The van der Waals surface area contributed by atoms with Crippen molar-refractivity contribution in [1.82, 2.24) is 15.2 Å². The number of halogens is 3. The lowest BCUT2D eigenvalue weighted by Gasteiger charge is -2.29. The van der Waals surface area contributed by atoms with Crippen molar-refractivity contribution in [2.75, 3.05) is 23.3 Å². The third-order valence-electron chi connectivity index (χ3n) is 3.91. The summed E-state index contributed by atoms with van der Waals surface area (Å²) in [4.78, 5) is 6.27. The van der Waals surface area contributed by atoms with E-state index >= 15 is 0 Å². The normalized spacial score (nSPS) is 15.7. The van der Waals surface area contributed by atoms with Gasteiger partial charge in [-0.05, 0) is 30.9 Å². The molecule has 1 fully saturated rings. The molecule has 1 N–H and O–H groups in total. The van der Waals surface area contributed by atoms with Gasteiger partial charge in [-0.25, -0.2) is 13.2 Å². The van der Waals surface area contributed by atoms with E-state index in [2.05, 4.69) is 27.4 Å². The maximum absolute atomic E-state index is 13.7. The van der Waals surface area contributed by atoms with Crippen LogP contribution in [0.2, 0.25) is 0 Å². The Kier molecular flexibility index (Phi) is 4.31. The summed E-state index contributed by atoms with van der Waals surface area (Å²) in [6.07, 6.45) is 3.38. The first-order chi connectivity index (χ1) is 11.0. The van der Waals surface area contributed by atoms with Crippen molar-refractivity contribution in [1.29, 1.82) is 0 Å². The van der Waals surface area contributed by atoms with Gasteiger partial charge in [0.2, 0.25) is 5.95 Å². The molecule has 0 spiro atoms. The molecule has 23 heavy (non-hydrogen) atoms. The monoisotopic (exact) mass is 323 g/mol. The summed E-state index contributed by atoms with van der Waals surface area (Å²) in [5.41, 5.74) is -0.206. The smallest absolute Gasteiger partial charge is 0.247 e. The van der Waals surface area contributed by atoms with Crippen molar-refractivity contribution in [3.05, 3.63) is 35.8 Å². The van der Waals surface area contributed by atoms with Crippen LogP contribution in [0, 0.1) is 23.4 Å². The second-order valence-electron chi connectivity index (χ2n) is 5.66. The molecule has 2 aromatic rings. The number of rotatable bonds is 3. The number of hydrogen-bond donors (Lipinski definition) is 1. The molecule has 122 valence electrons. The summed E-state index contributed by atoms with van der Waals surface area (Å²) in [6.45, 7) is 3.85. The number of benzene rings is 1. The minimum atomic E-state index is -1.53. The van der Waals surface area contributed by atoms with E-state index in [9.17, 15) is 13.2 Å². The Hall–Kier alpha value is -2.38. The minimum absolute atomic E-state index is 0.206. The third kappa shape index (κ3) is 3.35. The molecule has 1 aliphatic heterocycles. The molecule has 0 atom stereocenters. The number of nitrogens with zero attached hydrogens (tertiary/aromatic N) is 4. The molecular weight excluding hydrogens is 307 g/mol. The Labute approximate surface area is 131 Å². The Bertz CT molecular complexity index is 702. The highest BCUT2D eigenvalue weighted by Crippen LogP contribution is 2.24. The van der Waals surface area contributed by atoms with E-state index in [1.165, 1.54) is 6.20 Å². The maximum Gasteiger partial charge on any atom is 0.247 e. The van der Waals surface area contributed by atoms with Gasteiger partial charge >= 0.3 is 0 Å². The fraction of sp³-hybridized carbons (Fsp3) is 0.400. The molecule has 1 saturated heterocycles. The van der Waals surface area contributed by atoms with Gasteiger partial charge in [0.15, 0.2) is 23.3 Å². The van der Waals surface area contributed by atoms with E-state index in [0.717, 1.165) is 38.1 Å². The van der Waals surface area contributed by atoms with Gasteiger partial charge in [-0.2, -0.15) is 10.1 Å². The van der Waals surface area contributed by atoms with Crippen molar-refractivity contribution in [2.45, 2.75) is 19.8 Å². The number of piperidine rings is 1. The van der Waals surface area contributed by atoms with Gasteiger partial charge in [0.1, 0.15) is 0 Å². The van der Waals surface area contributed by atoms with E-state index in [0.29, 0.717) is 11.9 Å². The fourth-order valence-electron chi connectivity index (χ4n) is 2.46. The maximum atomic E-state index is 13.7. The van der Waals surface area contributed by atoms with Crippen LogP contribution in [0.5, 0.6) is 0 Å². The van der Waals surface area contributed by atoms with Gasteiger partial charge in [-0.1, -0.05) is 6.92 Å². The molecular formula is C15H16F3N5. The SMILES string of the molecule is CC1CCN(c2nncc(Nc3ccc(F)c(F)c3F)n2)CC1. The molecule has 0 bridgehead atoms. The summed E-state index contributed by atoms with van der Waals surface area (Å²) < 4.78 is 39.9. The van der Waals surface area contributed by atoms with Crippen molar-refractivity contribution in [2.24, 2.45) is 5.92 Å². The van der Waals surface area contributed by atoms with Crippen molar-refractivity contribution in [3.63, 3.8) is 0 Å². The van der Waals surface area contributed by atoms with Crippen LogP contribution >= 0.6 is 0 Å². The van der Waals surface area contributed by atoms with E-state index in [1.807, 2.05) is 4.90 Å². The average molecular weight is 323 g/mol. The van der Waals surface area contributed by atoms with Gasteiger partial charge in [0.05, 0.1) is 11.9 Å². The molecule has 5 nitrogen and oxygen atoms in total. The quantitative estimate of drug-likeness (QED) is 0.879. The topological polar surface area (TPSA) is 53.9 Å². The van der Waals surface area contributed by atoms with Crippen LogP contribution in [0.15, 0.2) is 18.3 Å². The van der Waals surface area contributed by atoms with Crippen molar-refractivity contribution < 1.29 is 13.2 Å². The molecule has 3 rings (SSSR count). The Balaban J connectivity index is 1.79. The summed E-state index contributed by atoms with van der Waals surface area (Å²) >= 11 is 0. The first-order valence-corrected chi connectivity index (χ1v) is 7.40. The molecule has 0 radical (unpaired) electrons.